The number of halogens is 2. The van der Waals surface area contributed by atoms with E-state index in [-0.39, 0.29) is 12.8 Å². The van der Waals surface area contributed by atoms with Gasteiger partial charge < -0.3 is 16.4 Å². The van der Waals surface area contributed by atoms with Crippen LogP contribution >= 0.6 is 15.9 Å². The number of nitrogens with one attached hydrogen (secondary N) is 2. The Bertz CT molecular complexity index is 858. The molecule has 2 rings (SSSR count). The van der Waals surface area contributed by atoms with Crippen LogP contribution in [0.2, 0.25) is 0 Å². The number of carbonyl (C=O) groups is 3. The molecule has 2 aromatic carbocycles. The summed E-state index contributed by atoms with van der Waals surface area (Å²) in [4.78, 5) is 36.0. The van der Waals surface area contributed by atoms with Gasteiger partial charge >= 0.3 is 0 Å². The molecule has 0 radical (unpaired) electrons. The fraction of sp³-hybridized carbons (Fsp3) is 0.250. The molecule has 0 fully saturated rings. The second-order valence-electron chi connectivity index (χ2n) is 6.38. The van der Waals surface area contributed by atoms with Crippen LogP contribution in [0.4, 0.5) is 4.39 Å². The lowest BCUT2D eigenvalue weighted by atomic mass is 10.0. The van der Waals surface area contributed by atoms with Crippen LogP contribution in [0, 0.1) is 5.82 Å². The van der Waals surface area contributed by atoms with Gasteiger partial charge in [0.2, 0.25) is 17.7 Å². The second-order valence-corrected chi connectivity index (χ2v) is 7.30. The highest BCUT2D eigenvalue weighted by Crippen LogP contribution is 2.12. The van der Waals surface area contributed by atoms with Crippen LogP contribution in [-0.4, -0.2) is 29.8 Å². The van der Waals surface area contributed by atoms with E-state index in [9.17, 15) is 18.8 Å². The molecule has 2 aromatic rings. The average molecular weight is 450 g/mol. The minimum Gasteiger partial charge on any atom is -0.368 e. The first-order valence-corrected chi connectivity index (χ1v) is 9.39. The molecule has 0 aliphatic carbocycles. The Morgan fingerprint density at radius 2 is 1.64 bits per heavy atom. The average Bonchev–Trinajstić information content (AvgIpc) is 2.62. The summed E-state index contributed by atoms with van der Waals surface area (Å²) < 4.78 is 14.3. The molecule has 0 bridgehead atoms. The number of nitrogens with two attached hydrogens (primary N) is 1. The second kappa shape index (κ2) is 9.98. The van der Waals surface area contributed by atoms with Gasteiger partial charge in [0.15, 0.2) is 0 Å². The van der Waals surface area contributed by atoms with E-state index in [0.29, 0.717) is 5.56 Å². The summed E-state index contributed by atoms with van der Waals surface area (Å²) in [5, 5.41) is 5.12. The predicted octanol–water partition coefficient (Wildman–Crippen LogP) is 1.85. The molecule has 0 aromatic heterocycles. The standard InChI is InChI=1S/C20H21BrFN3O3/c1-12(26)24-18(11-14-3-2-4-16(22)9-14)20(28)25-17(19(23)27)10-13-5-7-15(21)8-6-13/h2-9,17-18H,10-11H2,1H3,(H2,23,27)(H,24,26)(H,25,28)/t17-,18+/m0/s1. The maximum absolute atomic E-state index is 13.4. The zero-order chi connectivity index (χ0) is 20.7. The van der Waals surface area contributed by atoms with Gasteiger partial charge in [0.25, 0.3) is 0 Å². The third kappa shape index (κ3) is 6.77. The Kier molecular flexibility index (Phi) is 7.69. The molecule has 0 saturated heterocycles. The molecule has 0 spiro atoms. The van der Waals surface area contributed by atoms with Gasteiger partial charge in [0, 0.05) is 24.2 Å². The highest BCUT2D eigenvalue weighted by atomic mass is 79.9. The first kappa shape index (κ1) is 21.6. The molecule has 28 heavy (non-hydrogen) atoms. The molecule has 148 valence electrons. The van der Waals surface area contributed by atoms with Crippen LogP contribution in [0.15, 0.2) is 53.0 Å². The molecule has 0 aliphatic rings. The van der Waals surface area contributed by atoms with E-state index in [1.165, 1.54) is 25.1 Å². The number of amides is 3. The van der Waals surface area contributed by atoms with Crippen molar-refractivity contribution in [3.05, 3.63) is 69.9 Å². The summed E-state index contributed by atoms with van der Waals surface area (Å²) >= 11 is 3.33. The maximum atomic E-state index is 13.4. The Hall–Kier alpha value is -2.74. The van der Waals surface area contributed by atoms with E-state index in [1.807, 2.05) is 24.3 Å². The Morgan fingerprint density at radius 1 is 1.00 bits per heavy atom. The largest absolute Gasteiger partial charge is 0.368 e. The Morgan fingerprint density at radius 3 is 2.21 bits per heavy atom. The van der Waals surface area contributed by atoms with Crippen molar-refractivity contribution in [1.82, 2.24) is 10.6 Å². The van der Waals surface area contributed by atoms with Crippen molar-refractivity contribution >= 4 is 33.7 Å². The van der Waals surface area contributed by atoms with E-state index in [2.05, 4.69) is 26.6 Å². The van der Waals surface area contributed by atoms with E-state index in [4.69, 9.17) is 5.73 Å². The minimum absolute atomic E-state index is 0.0763. The zero-order valence-corrected chi connectivity index (χ0v) is 16.8. The molecule has 2 atom stereocenters. The normalized spacial score (nSPS) is 12.7. The van der Waals surface area contributed by atoms with Crippen molar-refractivity contribution in [3.8, 4) is 0 Å². The Labute approximate surface area is 170 Å². The molecule has 4 N–H and O–H groups in total. The molecule has 0 saturated carbocycles. The van der Waals surface area contributed by atoms with Gasteiger partial charge in [0.05, 0.1) is 0 Å². The molecule has 0 aliphatic heterocycles. The van der Waals surface area contributed by atoms with E-state index in [1.54, 1.807) is 6.07 Å². The number of hydrogen-bond donors (Lipinski definition) is 3. The van der Waals surface area contributed by atoms with Gasteiger partial charge in [-0.25, -0.2) is 4.39 Å². The number of carbonyl (C=O) groups excluding carboxylic acids is 3. The lowest BCUT2D eigenvalue weighted by molar-refractivity contribution is -0.130. The van der Waals surface area contributed by atoms with Gasteiger partial charge in [0.1, 0.15) is 17.9 Å². The topological polar surface area (TPSA) is 101 Å². The van der Waals surface area contributed by atoms with Crippen molar-refractivity contribution in [2.24, 2.45) is 5.73 Å². The number of benzene rings is 2. The van der Waals surface area contributed by atoms with Crippen molar-refractivity contribution < 1.29 is 18.8 Å². The van der Waals surface area contributed by atoms with Gasteiger partial charge in [-0.3, -0.25) is 14.4 Å². The summed E-state index contributed by atoms with van der Waals surface area (Å²) in [6.45, 7) is 1.28. The van der Waals surface area contributed by atoms with Crippen LogP contribution in [0.25, 0.3) is 0 Å². The monoisotopic (exact) mass is 449 g/mol. The molecule has 3 amide bonds. The fourth-order valence-corrected chi connectivity index (χ4v) is 2.97. The van der Waals surface area contributed by atoms with Gasteiger partial charge in [-0.2, -0.15) is 0 Å². The van der Waals surface area contributed by atoms with Crippen molar-refractivity contribution in [2.45, 2.75) is 31.8 Å². The van der Waals surface area contributed by atoms with Crippen LogP contribution < -0.4 is 16.4 Å². The predicted molar refractivity (Wildman–Crippen MR) is 107 cm³/mol. The highest BCUT2D eigenvalue weighted by molar-refractivity contribution is 9.10. The molecular formula is C20H21BrFN3O3. The molecular weight excluding hydrogens is 429 g/mol. The smallest absolute Gasteiger partial charge is 0.243 e. The zero-order valence-electron chi connectivity index (χ0n) is 15.2. The van der Waals surface area contributed by atoms with Gasteiger partial charge in [-0.15, -0.1) is 0 Å². The summed E-state index contributed by atoms with van der Waals surface area (Å²) in [5.74, 6) is -2.12. The quantitative estimate of drug-likeness (QED) is 0.572. The van der Waals surface area contributed by atoms with Crippen molar-refractivity contribution in [1.29, 1.82) is 0 Å². The third-order valence-electron chi connectivity index (χ3n) is 4.04. The van der Waals surface area contributed by atoms with E-state index < -0.39 is 35.6 Å². The van der Waals surface area contributed by atoms with E-state index in [0.717, 1.165) is 10.0 Å². The number of primary amides is 1. The highest BCUT2D eigenvalue weighted by Gasteiger charge is 2.25. The minimum atomic E-state index is -0.967. The molecule has 0 heterocycles. The van der Waals surface area contributed by atoms with Crippen LogP contribution in [0.5, 0.6) is 0 Å². The lowest BCUT2D eigenvalue weighted by Crippen LogP contribution is -2.54. The van der Waals surface area contributed by atoms with Crippen molar-refractivity contribution in [2.75, 3.05) is 0 Å². The molecule has 6 nitrogen and oxygen atoms in total. The summed E-state index contributed by atoms with van der Waals surface area (Å²) in [7, 11) is 0. The summed E-state index contributed by atoms with van der Waals surface area (Å²) in [5.41, 5.74) is 6.79. The maximum Gasteiger partial charge on any atom is 0.243 e. The molecule has 8 heteroatoms. The first-order chi connectivity index (χ1) is 13.2. The molecule has 0 unspecified atom stereocenters. The Balaban J connectivity index is 2.12. The third-order valence-corrected chi connectivity index (χ3v) is 4.56. The van der Waals surface area contributed by atoms with Crippen LogP contribution in [-0.2, 0) is 27.2 Å². The van der Waals surface area contributed by atoms with E-state index >= 15 is 0 Å². The number of rotatable bonds is 8. The lowest BCUT2D eigenvalue weighted by Gasteiger charge is -2.22. The number of hydrogen-bond acceptors (Lipinski definition) is 3. The summed E-state index contributed by atoms with van der Waals surface area (Å²) in [6, 6.07) is 11.1. The van der Waals surface area contributed by atoms with Gasteiger partial charge in [-0.05, 0) is 35.4 Å². The van der Waals surface area contributed by atoms with Crippen molar-refractivity contribution in [3.63, 3.8) is 0 Å². The fourth-order valence-electron chi connectivity index (χ4n) is 2.71. The van der Waals surface area contributed by atoms with Crippen LogP contribution in [0.1, 0.15) is 18.1 Å². The SMILES string of the molecule is CC(=O)N[C@H](Cc1cccc(F)c1)C(=O)N[C@@H](Cc1ccc(Br)cc1)C(N)=O. The van der Waals surface area contributed by atoms with Crippen LogP contribution in [0.3, 0.4) is 0 Å². The summed E-state index contributed by atoms with van der Waals surface area (Å²) in [6.07, 6.45) is 0.286. The first-order valence-electron chi connectivity index (χ1n) is 8.60. The van der Waals surface area contributed by atoms with Gasteiger partial charge in [-0.1, -0.05) is 40.2 Å².